The first-order chi connectivity index (χ1) is 9.33. The number of rotatable bonds is 4. The van der Waals surface area contributed by atoms with Crippen LogP contribution >= 0.6 is 11.3 Å². The number of H-pyrrole nitrogens is 1. The van der Waals surface area contributed by atoms with Crippen LogP contribution in [0.25, 0.3) is 11.3 Å². The van der Waals surface area contributed by atoms with Crippen LogP contribution in [-0.4, -0.2) is 25.4 Å². The number of aromatic nitrogens is 5. The van der Waals surface area contributed by atoms with Crippen LogP contribution in [0.1, 0.15) is 10.6 Å². The molecule has 3 aromatic heterocycles. The lowest BCUT2D eigenvalue weighted by atomic mass is 10.1. The highest BCUT2D eigenvalue weighted by Gasteiger charge is 2.08. The molecule has 0 fully saturated rings. The molecule has 3 aromatic rings. The fraction of sp³-hybridized carbons (Fsp3) is 0.167. The summed E-state index contributed by atoms with van der Waals surface area (Å²) in [5.74, 6) is 0. The van der Waals surface area contributed by atoms with Gasteiger partial charge < -0.3 is 5.32 Å². The van der Waals surface area contributed by atoms with Crippen molar-refractivity contribution in [1.29, 1.82) is 0 Å². The first-order valence-corrected chi connectivity index (χ1v) is 6.61. The molecule has 6 nitrogen and oxygen atoms in total. The smallest absolute Gasteiger partial charge is 0.205 e. The lowest BCUT2D eigenvalue weighted by Crippen LogP contribution is -1.99. The fourth-order valence-electron chi connectivity index (χ4n) is 1.74. The van der Waals surface area contributed by atoms with E-state index in [-0.39, 0.29) is 0 Å². The monoisotopic (exact) mass is 272 g/mol. The van der Waals surface area contributed by atoms with E-state index in [4.69, 9.17) is 0 Å². The average Bonchev–Trinajstić information content (AvgIpc) is 3.06. The number of nitrogens with zero attached hydrogens (tertiary/aromatic N) is 4. The quantitative estimate of drug-likeness (QED) is 0.761. The summed E-state index contributed by atoms with van der Waals surface area (Å²) in [4.78, 5) is 4.11. The third kappa shape index (κ3) is 2.60. The van der Waals surface area contributed by atoms with Crippen molar-refractivity contribution in [2.75, 3.05) is 5.32 Å². The lowest BCUT2D eigenvalue weighted by Gasteiger charge is -2.03. The van der Waals surface area contributed by atoms with Crippen LogP contribution in [0.5, 0.6) is 0 Å². The van der Waals surface area contributed by atoms with Crippen molar-refractivity contribution in [1.82, 2.24) is 25.4 Å². The predicted octanol–water partition coefficient (Wildman–Crippen LogP) is 2.24. The van der Waals surface area contributed by atoms with E-state index in [9.17, 15) is 0 Å². The molecule has 0 aromatic carbocycles. The SMILES string of the molecule is Cc1nnc(NCc2cn[nH]c2-c2cccnc2)s1. The van der Waals surface area contributed by atoms with Crippen LogP contribution in [0.4, 0.5) is 5.13 Å². The number of hydrogen-bond acceptors (Lipinski definition) is 6. The first kappa shape index (κ1) is 11.8. The number of pyridine rings is 1. The highest BCUT2D eigenvalue weighted by molar-refractivity contribution is 7.15. The summed E-state index contributed by atoms with van der Waals surface area (Å²) >= 11 is 1.53. The minimum absolute atomic E-state index is 0.648. The predicted molar refractivity (Wildman–Crippen MR) is 73.8 cm³/mol. The second kappa shape index (κ2) is 5.15. The van der Waals surface area contributed by atoms with E-state index in [1.807, 2.05) is 31.5 Å². The minimum atomic E-state index is 0.648. The molecule has 7 heteroatoms. The van der Waals surface area contributed by atoms with Gasteiger partial charge in [0.2, 0.25) is 5.13 Å². The lowest BCUT2D eigenvalue weighted by molar-refractivity contribution is 1.03. The Balaban J connectivity index is 1.77. The van der Waals surface area contributed by atoms with Crippen LogP contribution in [-0.2, 0) is 6.54 Å². The van der Waals surface area contributed by atoms with Crippen molar-refractivity contribution >= 4 is 16.5 Å². The second-order valence-electron chi connectivity index (χ2n) is 3.99. The van der Waals surface area contributed by atoms with E-state index in [2.05, 4.69) is 30.7 Å². The van der Waals surface area contributed by atoms with E-state index < -0.39 is 0 Å². The maximum atomic E-state index is 4.11. The zero-order chi connectivity index (χ0) is 13.1. The molecule has 0 bridgehead atoms. The van der Waals surface area contributed by atoms with Gasteiger partial charge in [0, 0.05) is 30.1 Å². The summed E-state index contributed by atoms with van der Waals surface area (Å²) in [5.41, 5.74) is 3.06. The maximum absolute atomic E-state index is 4.11. The van der Waals surface area contributed by atoms with Gasteiger partial charge in [0.15, 0.2) is 0 Å². The summed E-state index contributed by atoms with van der Waals surface area (Å²) in [6.07, 6.45) is 5.37. The summed E-state index contributed by atoms with van der Waals surface area (Å²) < 4.78 is 0. The molecule has 0 spiro atoms. The molecule has 0 unspecified atom stereocenters. The highest BCUT2D eigenvalue weighted by Crippen LogP contribution is 2.21. The van der Waals surface area contributed by atoms with Crippen LogP contribution < -0.4 is 5.32 Å². The second-order valence-corrected chi connectivity index (χ2v) is 5.17. The van der Waals surface area contributed by atoms with Crippen LogP contribution in [0, 0.1) is 6.92 Å². The number of anilines is 1. The number of hydrogen-bond donors (Lipinski definition) is 2. The van der Waals surface area contributed by atoms with Gasteiger partial charge >= 0.3 is 0 Å². The fourth-order valence-corrected chi connectivity index (χ4v) is 2.33. The standard InChI is InChI=1S/C12H12N6S/c1-8-16-18-12(19-8)14-6-10-7-15-17-11(10)9-3-2-4-13-5-9/h2-5,7H,6H2,1H3,(H,14,18)(H,15,17). The van der Waals surface area contributed by atoms with Crippen molar-refractivity contribution in [2.45, 2.75) is 13.5 Å². The zero-order valence-electron chi connectivity index (χ0n) is 10.3. The zero-order valence-corrected chi connectivity index (χ0v) is 11.1. The molecule has 0 aliphatic rings. The van der Waals surface area contributed by atoms with Crippen molar-refractivity contribution in [3.8, 4) is 11.3 Å². The summed E-state index contributed by atoms with van der Waals surface area (Å²) in [5, 5.41) is 20.1. The molecule has 96 valence electrons. The molecule has 0 amide bonds. The summed E-state index contributed by atoms with van der Waals surface area (Å²) in [6.45, 7) is 2.58. The van der Waals surface area contributed by atoms with E-state index in [0.717, 1.165) is 27.0 Å². The topological polar surface area (TPSA) is 79.4 Å². The van der Waals surface area contributed by atoms with Gasteiger partial charge in [-0.3, -0.25) is 10.1 Å². The Morgan fingerprint density at radius 2 is 2.26 bits per heavy atom. The minimum Gasteiger partial charge on any atom is -0.356 e. The Morgan fingerprint density at radius 1 is 1.32 bits per heavy atom. The van der Waals surface area contributed by atoms with E-state index >= 15 is 0 Å². The highest BCUT2D eigenvalue weighted by atomic mass is 32.1. The van der Waals surface area contributed by atoms with E-state index in [0.29, 0.717) is 6.54 Å². The molecule has 3 rings (SSSR count). The summed E-state index contributed by atoms with van der Waals surface area (Å²) in [7, 11) is 0. The summed E-state index contributed by atoms with van der Waals surface area (Å²) in [6, 6.07) is 3.90. The molecular weight excluding hydrogens is 260 g/mol. The number of aryl methyl sites for hydroxylation is 1. The van der Waals surface area contributed by atoms with Crippen molar-refractivity contribution in [2.24, 2.45) is 0 Å². The van der Waals surface area contributed by atoms with E-state index in [1.165, 1.54) is 11.3 Å². The molecule has 0 radical (unpaired) electrons. The Bertz CT molecular complexity index is 660. The van der Waals surface area contributed by atoms with Crippen LogP contribution in [0.2, 0.25) is 0 Å². The molecule has 0 atom stereocenters. The van der Waals surface area contributed by atoms with Crippen molar-refractivity contribution < 1.29 is 0 Å². The molecule has 19 heavy (non-hydrogen) atoms. The maximum Gasteiger partial charge on any atom is 0.205 e. The molecular formula is C12H12N6S. The van der Waals surface area contributed by atoms with Crippen LogP contribution in [0.15, 0.2) is 30.7 Å². The Hall–Kier alpha value is -2.28. The van der Waals surface area contributed by atoms with Gasteiger partial charge in [-0.15, -0.1) is 10.2 Å². The van der Waals surface area contributed by atoms with Gasteiger partial charge in [-0.2, -0.15) is 5.10 Å². The molecule has 0 saturated carbocycles. The Labute approximate surface area is 113 Å². The van der Waals surface area contributed by atoms with Crippen molar-refractivity contribution in [3.63, 3.8) is 0 Å². The van der Waals surface area contributed by atoms with Gasteiger partial charge in [0.1, 0.15) is 5.01 Å². The Kier molecular flexibility index (Phi) is 3.20. The average molecular weight is 272 g/mol. The first-order valence-electron chi connectivity index (χ1n) is 5.79. The molecule has 2 N–H and O–H groups in total. The number of aromatic amines is 1. The third-order valence-corrected chi connectivity index (χ3v) is 3.42. The molecule has 0 aliphatic carbocycles. The van der Waals surface area contributed by atoms with Crippen molar-refractivity contribution in [3.05, 3.63) is 41.3 Å². The third-order valence-electron chi connectivity index (χ3n) is 2.62. The van der Waals surface area contributed by atoms with E-state index in [1.54, 1.807) is 6.20 Å². The van der Waals surface area contributed by atoms with Gasteiger partial charge in [-0.1, -0.05) is 11.3 Å². The molecule has 3 heterocycles. The van der Waals surface area contributed by atoms with Gasteiger partial charge in [-0.05, 0) is 19.1 Å². The molecule has 0 saturated heterocycles. The largest absolute Gasteiger partial charge is 0.356 e. The normalized spacial score (nSPS) is 10.6. The van der Waals surface area contributed by atoms with Gasteiger partial charge in [0.25, 0.3) is 0 Å². The van der Waals surface area contributed by atoms with Gasteiger partial charge in [0.05, 0.1) is 11.9 Å². The number of nitrogens with one attached hydrogen (secondary N) is 2. The Morgan fingerprint density at radius 3 is 3.00 bits per heavy atom. The van der Waals surface area contributed by atoms with Gasteiger partial charge in [-0.25, -0.2) is 0 Å². The molecule has 0 aliphatic heterocycles. The van der Waals surface area contributed by atoms with Crippen LogP contribution in [0.3, 0.4) is 0 Å².